The molecule has 1 atom stereocenters. The first-order valence-corrected chi connectivity index (χ1v) is 8.74. The number of benzene rings is 1. The molecule has 2 aromatic rings. The molecule has 0 saturated heterocycles. The Bertz CT molecular complexity index is 743. The first kappa shape index (κ1) is 16.0. The zero-order valence-corrected chi connectivity index (χ0v) is 14.9. The van der Waals surface area contributed by atoms with E-state index >= 15 is 0 Å². The Morgan fingerprint density at radius 3 is 2.52 bits per heavy atom. The summed E-state index contributed by atoms with van der Waals surface area (Å²) in [7, 11) is 3.94. The maximum atomic E-state index is 5.21. The van der Waals surface area contributed by atoms with Crippen LogP contribution in [-0.4, -0.2) is 36.2 Å². The minimum absolute atomic E-state index is 0.579. The van der Waals surface area contributed by atoms with Gasteiger partial charge in [0.15, 0.2) is 0 Å². The molecule has 23 heavy (non-hydrogen) atoms. The molecular weight excluding hydrogens is 304 g/mol. The molecule has 0 saturated carbocycles. The van der Waals surface area contributed by atoms with Crippen LogP contribution in [0.2, 0.25) is 0 Å². The summed E-state index contributed by atoms with van der Waals surface area (Å²) < 4.78 is 6.15. The first-order chi connectivity index (χ1) is 11.0. The van der Waals surface area contributed by atoms with E-state index in [0.717, 1.165) is 33.0 Å². The minimum Gasteiger partial charge on any atom is -0.497 e. The lowest BCUT2D eigenvalue weighted by Gasteiger charge is -2.35. The van der Waals surface area contributed by atoms with Crippen molar-refractivity contribution in [3.8, 4) is 17.0 Å². The van der Waals surface area contributed by atoms with E-state index < -0.39 is 0 Å². The smallest absolute Gasteiger partial charge is 0.124 e. The van der Waals surface area contributed by atoms with Gasteiger partial charge in [-0.2, -0.15) is 0 Å². The van der Waals surface area contributed by atoms with Gasteiger partial charge >= 0.3 is 0 Å². The molecule has 1 unspecified atom stereocenters. The van der Waals surface area contributed by atoms with Crippen molar-refractivity contribution in [3.63, 3.8) is 0 Å². The second-order valence-electron chi connectivity index (χ2n) is 6.36. The van der Waals surface area contributed by atoms with E-state index in [1.807, 2.05) is 12.1 Å². The van der Waals surface area contributed by atoms with Crippen LogP contribution < -0.4 is 4.74 Å². The zero-order chi connectivity index (χ0) is 16.4. The molecular formula is C19H23N2OS+. The number of hydrogen-bond acceptors (Lipinski definition) is 3. The number of aromatic nitrogens is 1. The molecule has 1 aromatic carbocycles. The van der Waals surface area contributed by atoms with Crippen LogP contribution in [0.4, 0.5) is 0 Å². The lowest BCUT2D eigenvalue weighted by Crippen LogP contribution is -2.45. The predicted molar refractivity (Wildman–Crippen MR) is 97.4 cm³/mol. The Labute approximate surface area is 142 Å². The van der Waals surface area contributed by atoms with Gasteiger partial charge in [0.05, 0.1) is 32.1 Å². The van der Waals surface area contributed by atoms with Crippen LogP contribution in [0.25, 0.3) is 16.8 Å². The van der Waals surface area contributed by atoms with E-state index in [9.17, 15) is 0 Å². The molecule has 1 aliphatic heterocycles. The van der Waals surface area contributed by atoms with E-state index in [1.54, 1.807) is 18.4 Å². The lowest BCUT2D eigenvalue weighted by atomic mass is 10.1. The van der Waals surface area contributed by atoms with Gasteiger partial charge < -0.3 is 4.74 Å². The maximum absolute atomic E-state index is 5.21. The van der Waals surface area contributed by atoms with Gasteiger partial charge in [0.25, 0.3) is 0 Å². The average molecular weight is 327 g/mol. The molecule has 0 bridgehead atoms. The first-order valence-electron chi connectivity index (χ1n) is 7.86. The summed E-state index contributed by atoms with van der Waals surface area (Å²) in [4.78, 5) is 4.80. The van der Waals surface area contributed by atoms with Gasteiger partial charge in [0.1, 0.15) is 17.3 Å². The van der Waals surface area contributed by atoms with Crippen LogP contribution in [0, 0.1) is 0 Å². The largest absolute Gasteiger partial charge is 0.497 e. The molecule has 0 spiro atoms. The predicted octanol–water partition coefficient (Wildman–Crippen LogP) is 4.58. The van der Waals surface area contributed by atoms with Gasteiger partial charge in [-0.15, -0.1) is 11.3 Å². The van der Waals surface area contributed by atoms with Gasteiger partial charge in [-0.05, 0) is 44.2 Å². The Kier molecular flexibility index (Phi) is 4.37. The third-order valence-electron chi connectivity index (χ3n) is 4.62. The molecule has 3 rings (SSSR count). The number of ether oxygens (including phenoxy) is 1. The Morgan fingerprint density at radius 2 is 1.96 bits per heavy atom. The molecule has 3 nitrogen and oxygen atoms in total. The van der Waals surface area contributed by atoms with Crippen molar-refractivity contribution in [2.45, 2.75) is 19.9 Å². The van der Waals surface area contributed by atoms with Gasteiger partial charge in [-0.1, -0.05) is 0 Å². The molecule has 1 aliphatic rings. The number of hydrogen-bond donors (Lipinski definition) is 0. The van der Waals surface area contributed by atoms with Crippen molar-refractivity contribution in [1.82, 2.24) is 4.98 Å². The van der Waals surface area contributed by atoms with Crippen LogP contribution in [0.5, 0.6) is 5.75 Å². The summed E-state index contributed by atoms with van der Waals surface area (Å²) in [6.07, 6.45) is 6.80. The van der Waals surface area contributed by atoms with Crippen LogP contribution >= 0.6 is 11.3 Å². The van der Waals surface area contributed by atoms with E-state index in [-0.39, 0.29) is 0 Å². The molecule has 0 N–H and O–H groups in total. The number of rotatable bonds is 4. The van der Waals surface area contributed by atoms with Crippen molar-refractivity contribution in [2.75, 3.05) is 20.7 Å². The molecule has 2 heterocycles. The molecule has 0 aliphatic carbocycles. The Balaban J connectivity index is 1.80. The van der Waals surface area contributed by atoms with Crippen molar-refractivity contribution in [1.29, 1.82) is 0 Å². The Morgan fingerprint density at radius 1 is 1.22 bits per heavy atom. The van der Waals surface area contributed by atoms with Crippen molar-refractivity contribution in [2.24, 2.45) is 0 Å². The van der Waals surface area contributed by atoms with Gasteiger partial charge in [-0.3, -0.25) is 4.48 Å². The second kappa shape index (κ2) is 6.30. The quantitative estimate of drug-likeness (QED) is 0.767. The van der Waals surface area contributed by atoms with E-state index in [4.69, 9.17) is 9.72 Å². The highest BCUT2D eigenvalue weighted by Crippen LogP contribution is 2.30. The number of likely N-dealkylation sites (N-methyl/N-ethyl adjacent to an activating group) is 1. The molecule has 120 valence electrons. The lowest BCUT2D eigenvalue weighted by molar-refractivity contribution is -0.875. The number of nitrogens with zero attached hydrogens (tertiary/aromatic N) is 2. The van der Waals surface area contributed by atoms with E-state index in [1.165, 1.54) is 5.57 Å². The summed E-state index contributed by atoms with van der Waals surface area (Å²) in [5, 5.41) is 3.21. The van der Waals surface area contributed by atoms with Gasteiger partial charge in [0, 0.05) is 22.6 Å². The molecule has 0 fully saturated rings. The molecule has 1 aromatic heterocycles. The highest BCUT2D eigenvalue weighted by molar-refractivity contribution is 7.11. The van der Waals surface area contributed by atoms with Crippen molar-refractivity contribution < 1.29 is 9.22 Å². The van der Waals surface area contributed by atoms with E-state index in [0.29, 0.717) is 6.04 Å². The highest BCUT2D eigenvalue weighted by Gasteiger charge is 2.25. The van der Waals surface area contributed by atoms with Crippen LogP contribution in [0.3, 0.4) is 0 Å². The minimum atomic E-state index is 0.579. The van der Waals surface area contributed by atoms with Crippen LogP contribution in [-0.2, 0) is 0 Å². The Hall–Kier alpha value is -1.91. The van der Waals surface area contributed by atoms with Crippen LogP contribution in [0.15, 0.2) is 48.0 Å². The van der Waals surface area contributed by atoms with Crippen LogP contribution in [0.1, 0.15) is 18.9 Å². The van der Waals surface area contributed by atoms with Gasteiger partial charge in [-0.25, -0.2) is 4.98 Å². The fourth-order valence-electron chi connectivity index (χ4n) is 2.52. The van der Waals surface area contributed by atoms with Crippen molar-refractivity contribution >= 4 is 16.9 Å². The number of methoxy groups -OCH3 is 1. The number of allylic oxidation sites excluding steroid dienone is 2. The number of thiazole rings is 1. The third-order valence-corrected chi connectivity index (χ3v) is 5.51. The number of quaternary nitrogens is 1. The maximum Gasteiger partial charge on any atom is 0.124 e. The SMILES string of the molecule is COc1ccc(-c2csc(C3=CC[N+](C)(C(C)C)C=C3)n2)cc1. The van der Waals surface area contributed by atoms with E-state index in [2.05, 4.69) is 56.8 Å². The molecule has 0 radical (unpaired) electrons. The second-order valence-corrected chi connectivity index (χ2v) is 7.22. The fraction of sp³-hybridized carbons (Fsp3) is 0.316. The monoisotopic (exact) mass is 327 g/mol. The van der Waals surface area contributed by atoms with Gasteiger partial charge in [0.2, 0.25) is 0 Å². The zero-order valence-electron chi connectivity index (χ0n) is 14.1. The van der Waals surface area contributed by atoms with Crippen molar-refractivity contribution in [3.05, 3.63) is 53.0 Å². The summed E-state index contributed by atoms with van der Waals surface area (Å²) >= 11 is 1.70. The molecule has 4 heteroatoms. The summed E-state index contributed by atoms with van der Waals surface area (Å²) in [5.74, 6) is 0.868. The normalized spacial score (nSPS) is 20.7. The highest BCUT2D eigenvalue weighted by atomic mass is 32.1. The summed E-state index contributed by atoms with van der Waals surface area (Å²) in [5.41, 5.74) is 3.37. The summed E-state index contributed by atoms with van der Waals surface area (Å²) in [6.45, 7) is 5.53. The fourth-order valence-corrected chi connectivity index (χ4v) is 3.37. The average Bonchev–Trinajstić information content (AvgIpc) is 3.05. The standard InChI is InChI=1S/C19H23N2OS/c1-14(2)21(3)11-9-16(10-12-21)19-20-18(13-23-19)15-5-7-17(22-4)8-6-15/h5-11,13-14H,12H2,1-4H3/q+1. The summed E-state index contributed by atoms with van der Waals surface area (Å²) in [6, 6.07) is 8.62. The topological polar surface area (TPSA) is 22.1 Å². The molecule has 0 amide bonds. The third kappa shape index (κ3) is 3.23.